The van der Waals surface area contributed by atoms with E-state index in [9.17, 15) is 14.0 Å². The van der Waals surface area contributed by atoms with Crippen LogP contribution in [0.1, 0.15) is 26.3 Å². The molecule has 1 aliphatic rings. The predicted molar refractivity (Wildman–Crippen MR) is 85.8 cm³/mol. The van der Waals surface area contributed by atoms with Crippen LogP contribution in [0.2, 0.25) is 0 Å². The maximum absolute atomic E-state index is 14.5. The molecule has 0 aliphatic carbocycles. The molecule has 0 spiro atoms. The van der Waals surface area contributed by atoms with Crippen LogP contribution in [0.4, 0.5) is 10.1 Å². The van der Waals surface area contributed by atoms with E-state index in [2.05, 4.69) is 5.10 Å². The van der Waals surface area contributed by atoms with E-state index >= 15 is 0 Å². The lowest BCUT2D eigenvalue weighted by atomic mass is 10.1. The molecule has 0 N–H and O–H groups in total. The molecule has 0 saturated carbocycles. The number of hydrogen-bond acceptors (Lipinski definition) is 3. The number of aromatic nitrogens is 2. The van der Waals surface area contributed by atoms with Crippen molar-refractivity contribution in [2.45, 2.75) is 6.92 Å². The van der Waals surface area contributed by atoms with Gasteiger partial charge in [0.05, 0.1) is 23.0 Å². The number of aryl methyl sites for hydroxylation is 1. The summed E-state index contributed by atoms with van der Waals surface area (Å²) >= 11 is 0. The largest absolute Gasteiger partial charge is 0.268 e. The lowest BCUT2D eigenvalue weighted by molar-refractivity contribution is 0.0926. The first kappa shape index (κ1) is 14.3. The Balaban J connectivity index is 1.75. The molecular weight excluding hydrogens is 309 g/mol. The smallest absolute Gasteiger partial charge is 0.266 e. The summed E-state index contributed by atoms with van der Waals surface area (Å²) in [6.07, 6.45) is 3.32. The van der Waals surface area contributed by atoms with Crippen molar-refractivity contribution in [2.75, 3.05) is 4.90 Å². The lowest BCUT2D eigenvalue weighted by Crippen LogP contribution is -2.29. The summed E-state index contributed by atoms with van der Waals surface area (Å²) in [7, 11) is 0. The number of benzene rings is 2. The number of imide groups is 1. The monoisotopic (exact) mass is 321 g/mol. The summed E-state index contributed by atoms with van der Waals surface area (Å²) in [5.74, 6) is -1.46. The van der Waals surface area contributed by atoms with Gasteiger partial charge in [-0.15, -0.1) is 0 Å². The van der Waals surface area contributed by atoms with Gasteiger partial charge < -0.3 is 0 Å². The Kier molecular flexibility index (Phi) is 3.06. The van der Waals surface area contributed by atoms with Crippen molar-refractivity contribution in [3.05, 3.63) is 77.4 Å². The second kappa shape index (κ2) is 5.13. The molecule has 6 heteroatoms. The molecule has 0 bridgehead atoms. The summed E-state index contributed by atoms with van der Waals surface area (Å²) < 4.78 is 15.9. The molecule has 0 unspecified atom stereocenters. The van der Waals surface area contributed by atoms with Crippen LogP contribution < -0.4 is 4.90 Å². The second-order valence-electron chi connectivity index (χ2n) is 5.59. The van der Waals surface area contributed by atoms with Gasteiger partial charge in [0, 0.05) is 12.3 Å². The van der Waals surface area contributed by atoms with E-state index in [1.54, 1.807) is 36.7 Å². The van der Waals surface area contributed by atoms with E-state index in [0.29, 0.717) is 11.1 Å². The third-order valence-corrected chi connectivity index (χ3v) is 3.94. The quantitative estimate of drug-likeness (QED) is 0.682. The van der Waals surface area contributed by atoms with Gasteiger partial charge in [-0.2, -0.15) is 5.10 Å². The van der Waals surface area contributed by atoms with Gasteiger partial charge >= 0.3 is 0 Å². The number of halogens is 1. The van der Waals surface area contributed by atoms with E-state index < -0.39 is 17.6 Å². The summed E-state index contributed by atoms with van der Waals surface area (Å²) in [5, 5.41) is 4.07. The molecule has 0 atom stereocenters. The number of carbonyl (C=O) groups excluding carboxylic acids is 2. The van der Waals surface area contributed by atoms with Gasteiger partial charge in [-0.25, -0.2) is 14.0 Å². The zero-order valence-corrected chi connectivity index (χ0v) is 12.7. The fourth-order valence-electron chi connectivity index (χ4n) is 2.79. The van der Waals surface area contributed by atoms with E-state index in [4.69, 9.17) is 0 Å². The summed E-state index contributed by atoms with van der Waals surface area (Å²) in [4.78, 5) is 25.9. The van der Waals surface area contributed by atoms with Gasteiger partial charge in [0.1, 0.15) is 5.69 Å². The predicted octanol–water partition coefficient (Wildman–Crippen LogP) is 3.12. The summed E-state index contributed by atoms with van der Waals surface area (Å²) in [6, 6.07) is 10.8. The lowest BCUT2D eigenvalue weighted by Gasteiger charge is -2.15. The second-order valence-corrected chi connectivity index (χ2v) is 5.59. The number of anilines is 1. The van der Waals surface area contributed by atoms with Gasteiger partial charge in [-0.3, -0.25) is 9.59 Å². The van der Waals surface area contributed by atoms with Gasteiger partial charge in [0.15, 0.2) is 5.82 Å². The van der Waals surface area contributed by atoms with Crippen LogP contribution in [0.15, 0.2) is 54.9 Å². The molecule has 24 heavy (non-hydrogen) atoms. The van der Waals surface area contributed by atoms with Gasteiger partial charge in [-0.05, 0) is 36.8 Å². The molecule has 5 nitrogen and oxygen atoms in total. The number of nitrogens with zero attached hydrogens (tertiary/aromatic N) is 3. The topological polar surface area (TPSA) is 55.2 Å². The van der Waals surface area contributed by atoms with Gasteiger partial charge in [0.2, 0.25) is 0 Å². The third kappa shape index (κ3) is 2.04. The fraction of sp³-hybridized carbons (Fsp3) is 0.0556. The van der Waals surface area contributed by atoms with Crippen molar-refractivity contribution in [3.8, 4) is 5.69 Å². The number of carbonyl (C=O) groups is 2. The van der Waals surface area contributed by atoms with Crippen molar-refractivity contribution >= 4 is 17.5 Å². The van der Waals surface area contributed by atoms with Crippen LogP contribution in [0, 0.1) is 12.7 Å². The molecule has 0 radical (unpaired) electrons. The maximum Gasteiger partial charge on any atom is 0.266 e. The molecule has 2 aromatic carbocycles. The first-order chi connectivity index (χ1) is 11.6. The zero-order chi connectivity index (χ0) is 16.8. The molecule has 1 aliphatic heterocycles. The molecule has 4 rings (SSSR count). The highest BCUT2D eigenvalue weighted by Crippen LogP contribution is 2.29. The first-order valence-corrected chi connectivity index (χ1v) is 7.35. The van der Waals surface area contributed by atoms with Crippen LogP contribution in [0.5, 0.6) is 0 Å². The minimum Gasteiger partial charge on any atom is -0.268 e. The van der Waals surface area contributed by atoms with Crippen molar-refractivity contribution < 1.29 is 14.0 Å². The Bertz CT molecular complexity index is 958. The Morgan fingerprint density at radius 2 is 1.67 bits per heavy atom. The standard InChI is InChI=1S/C18H12FN3O2/c1-11-9-20-21(10-11)16-7-6-12(8-15(16)19)22-17(23)13-4-2-3-5-14(13)18(22)24/h2-10H,1H3. The Morgan fingerprint density at radius 3 is 2.21 bits per heavy atom. The van der Waals surface area contributed by atoms with Crippen LogP contribution in [-0.4, -0.2) is 21.6 Å². The maximum atomic E-state index is 14.5. The molecule has 0 saturated heterocycles. The molecule has 118 valence electrons. The number of rotatable bonds is 2. The van der Waals surface area contributed by atoms with Crippen LogP contribution >= 0.6 is 0 Å². The van der Waals surface area contributed by atoms with E-state index in [1.165, 1.54) is 22.9 Å². The van der Waals surface area contributed by atoms with Crippen LogP contribution in [0.3, 0.4) is 0 Å². The van der Waals surface area contributed by atoms with E-state index in [-0.39, 0.29) is 11.4 Å². The minimum atomic E-state index is -0.563. The molecule has 0 fully saturated rings. The summed E-state index contributed by atoms with van der Waals surface area (Å²) in [6.45, 7) is 1.86. The highest BCUT2D eigenvalue weighted by atomic mass is 19.1. The molecule has 3 aromatic rings. The van der Waals surface area contributed by atoms with Crippen molar-refractivity contribution in [1.82, 2.24) is 9.78 Å². The zero-order valence-electron chi connectivity index (χ0n) is 12.7. The molecule has 1 aromatic heterocycles. The average Bonchev–Trinajstić information content (AvgIpc) is 3.10. The van der Waals surface area contributed by atoms with Gasteiger partial charge in [-0.1, -0.05) is 12.1 Å². The SMILES string of the molecule is Cc1cnn(-c2ccc(N3C(=O)c4ccccc4C3=O)cc2F)c1. The minimum absolute atomic E-state index is 0.200. The number of hydrogen-bond donors (Lipinski definition) is 0. The Hall–Kier alpha value is -3.28. The molecular formula is C18H12FN3O2. The fourth-order valence-corrected chi connectivity index (χ4v) is 2.79. The molecule has 2 heterocycles. The highest BCUT2D eigenvalue weighted by molar-refractivity contribution is 6.34. The average molecular weight is 321 g/mol. The first-order valence-electron chi connectivity index (χ1n) is 7.35. The van der Waals surface area contributed by atoms with E-state index in [0.717, 1.165) is 10.5 Å². The van der Waals surface area contributed by atoms with Crippen molar-refractivity contribution in [2.24, 2.45) is 0 Å². The van der Waals surface area contributed by atoms with Crippen molar-refractivity contribution in [3.63, 3.8) is 0 Å². The normalized spacial score (nSPS) is 13.5. The Morgan fingerprint density at radius 1 is 1.00 bits per heavy atom. The highest BCUT2D eigenvalue weighted by Gasteiger charge is 2.36. The third-order valence-electron chi connectivity index (χ3n) is 3.94. The van der Waals surface area contributed by atoms with E-state index in [1.807, 2.05) is 6.92 Å². The van der Waals surface area contributed by atoms with Crippen LogP contribution in [0.25, 0.3) is 5.69 Å². The molecule has 2 amide bonds. The Labute approximate surface area is 136 Å². The number of amides is 2. The van der Waals surface area contributed by atoms with Crippen LogP contribution in [-0.2, 0) is 0 Å². The number of fused-ring (bicyclic) bond motifs is 1. The van der Waals surface area contributed by atoms with Crippen molar-refractivity contribution in [1.29, 1.82) is 0 Å². The summed E-state index contributed by atoms with van der Waals surface area (Å²) in [5.41, 5.74) is 2.01. The van der Waals surface area contributed by atoms with Gasteiger partial charge in [0.25, 0.3) is 11.8 Å².